The molecule has 6 heteroatoms. The maximum absolute atomic E-state index is 11.8. The average molecular weight is 247 g/mol. The van der Waals surface area contributed by atoms with Crippen LogP contribution in [0.5, 0.6) is 5.75 Å². The van der Waals surface area contributed by atoms with Crippen molar-refractivity contribution in [2.24, 2.45) is 0 Å². The summed E-state index contributed by atoms with van der Waals surface area (Å²) in [6.07, 6.45) is 1.77. The van der Waals surface area contributed by atoms with E-state index in [2.05, 4.69) is 15.5 Å². The average Bonchev–Trinajstić information content (AvgIpc) is 2.85. The van der Waals surface area contributed by atoms with E-state index in [1.54, 1.807) is 12.1 Å². The van der Waals surface area contributed by atoms with Gasteiger partial charge in [0.1, 0.15) is 5.75 Å². The summed E-state index contributed by atoms with van der Waals surface area (Å²) in [5.41, 5.74) is 1.18. The number of aromatic nitrogens is 2. The minimum absolute atomic E-state index is 0.0316. The van der Waals surface area contributed by atoms with Gasteiger partial charge in [-0.05, 0) is 19.1 Å². The highest BCUT2D eigenvalue weighted by molar-refractivity contribution is 5.96. The molecule has 0 saturated carbocycles. The fourth-order valence-electron chi connectivity index (χ4n) is 1.52. The minimum Gasteiger partial charge on any atom is -0.507 e. The third-order valence-corrected chi connectivity index (χ3v) is 2.43. The highest BCUT2D eigenvalue weighted by Gasteiger charge is 2.11. The van der Waals surface area contributed by atoms with Crippen molar-refractivity contribution in [2.45, 2.75) is 13.3 Å². The Morgan fingerprint density at radius 3 is 3.06 bits per heavy atom. The van der Waals surface area contributed by atoms with Crippen LogP contribution in [0.2, 0.25) is 0 Å². The molecule has 0 saturated heterocycles. The smallest absolute Gasteiger partial charge is 0.255 e. The molecule has 2 rings (SSSR count). The van der Waals surface area contributed by atoms with Crippen LogP contribution in [0.3, 0.4) is 0 Å². The number of aromatic hydroxyl groups is 1. The Labute approximate surface area is 104 Å². The number of phenolic OH excluding ortho intramolecular Hbond substituents is 1. The molecule has 0 aliphatic carbocycles. The highest BCUT2D eigenvalue weighted by atomic mass is 16.5. The number of amides is 1. The lowest BCUT2D eigenvalue weighted by atomic mass is 10.1. The van der Waals surface area contributed by atoms with E-state index in [9.17, 15) is 9.90 Å². The second kappa shape index (κ2) is 5.31. The third-order valence-electron chi connectivity index (χ3n) is 2.43. The fraction of sp³-hybridized carbons (Fsp3) is 0.250. The number of hydrogen-bond donors (Lipinski definition) is 2. The van der Waals surface area contributed by atoms with Crippen molar-refractivity contribution in [1.29, 1.82) is 0 Å². The molecule has 1 aromatic heterocycles. The second-order valence-electron chi connectivity index (χ2n) is 3.86. The maximum Gasteiger partial charge on any atom is 0.255 e. The summed E-state index contributed by atoms with van der Waals surface area (Å²) in [5, 5.41) is 15.7. The Hall–Kier alpha value is -2.37. The van der Waals surface area contributed by atoms with Gasteiger partial charge in [0.15, 0.2) is 6.33 Å². The summed E-state index contributed by atoms with van der Waals surface area (Å²) in [4.78, 5) is 15.6. The van der Waals surface area contributed by atoms with Gasteiger partial charge in [0, 0.05) is 13.0 Å². The molecular formula is C12H13N3O3. The molecule has 0 spiro atoms. The molecule has 0 bridgehead atoms. The number of nitrogens with one attached hydrogen (secondary N) is 1. The topological polar surface area (TPSA) is 88.2 Å². The molecule has 6 nitrogen and oxygen atoms in total. The zero-order chi connectivity index (χ0) is 13.0. The molecule has 2 aromatic rings. The van der Waals surface area contributed by atoms with Crippen LogP contribution in [0.4, 0.5) is 0 Å². The van der Waals surface area contributed by atoms with E-state index in [-0.39, 0.29) is 17.2 Å². The van der Waals surface area contributed by atoms with Gasteiger partial charge < -0.3 is 14.9 Å². The zero-order valence-corrected chi connectivity index (χ0v) is 9.88. The van der Waals surface area contributed by atoms with Gasteiger partial charge in [-0.3, -0.25) is 4.79 Å². The first kappa shape index (κ1) is 12.1. The maximum atomic E-state index is 11.8. The minimum atomic E-state index is -0.323. The standard InChI is InChI=1S/C12H13N3O3/c1-8-2-3-10(16)9(6-8)12(17)13-5-4-11-14-7-15-18-11/h2-3,6-7,16H,4-5H2,1H3,(H,13,17). The van der Waals surface area contributed by atoms with Gasteiger partial charge in [-0.2, -0.15) is 4.98 Å². The first-order chi connectivity index (χ1) is 8.66. The van der Waals surface area contributed by atoms with Crippen molar-refractivity contribution in [3.8, 4) is 5.75 Å². The normalized spacial score (nSPS) is 10.3. The van der Waals surface area contributed by atoms with Gasteiger partial charge >= 0.3 is 0 Å². The number of carbonyl (C=O) groups excluding carboxylic acids is 1. The molecule has 1 aromatic carbocycles. The van der Waals surface area contributed by atoms with Crippen molar-refractivity contribution in [2.75, 3.05) is 6.54 Å². The number of aryl methyl sites for hydroxylation is 1. The van der Waals surface area contributed by atoms with E-state index in [1.807, 2.05) is 6.92 Å². The Morgan fingerprint density at radius 2 is 2.33 bits per heavy atom. The molecule has 0 aliphatic heterocycles. The van der Waals surface area contributed by atoms with Crippen LogP contribution >= 0.6 is 0 Å². The predicted molar refractivity (Wildman–Crippen MR) is 63.2 cm³/mol. The second-order valence-corrected chi connectivity index (χ2v) is 3.86. The van der Waals surface area contributed by atoms with Gasteiger partial charge in [-0.15, -0.1) is 0 Å². The Morgan fingerprint density at radius 1 is 1.50 bits per heavy atom. The molecule has 1 heterocycles. The number of phenols is 1. The SMILES string of the molecule is Cc1ccc(O)c(C(=O)NCCc2ncno2)c1. The molecule has 0 unspecified atom stereocenters. The quantitative estimate of drug-likeness (QED) is 0.843. The Kier molecular flexibility index (Phi) is 3.57. The monoisotopic (exact) mass is 247 g/mol. The molecule has 0 radical (unpaired) electrons. The lowest BCUT2D eigenvalue weighted by Crippen LogP contribution is -2.25. The summed E-state index contributed by atoms with van der Waals surface area (Å²) in [6.45, 7) is 2.23. The summed E-state index contributed by atoms with van der Waals surface area (Å²) >= 11 is 0. The van der Waals surface area contributed by atoms with Gasteiger partial charge in [0.2, 0.25) is 5.89 Å². The molecule has 18 heavy (non-hydrogen) atoms. The fourth-order valence-corrected chi connectivity index (χ4v) is 1.52. The van der Waals surface area contributed by atoms with E-state index in [1.165, 1.54) is 12.4 Å². The molecule has 0 atom stereocenters. The lowest BCUT2D eigenvalue weighted by molar-refractivity contribution is 0.0950. The highest BCUT2D eigenvalue weighted by Crippen LogP contribution is 2.17. The summed E-state index contributed by atoms with van der Waals surface area (Å²) in [7, 11) is 0. The zero-order valence-electron chi connectivity index (χ0n) is 9.88. The van der Waals surface area contributed by atoms with E-state index in [0.29, 0.717) is 18.9 Å². The van der Waals surface area contributed by atoms with E-state index >= 15 is 0 Å². The molecule has 1 amide bonds. The van der Waals surface area contributed by atoms with Crippen LogP contribution in [0.25, 0.3) is 0 Å². The van der Waals surface area contributed by atoms with E-state index in [4.69, 9.17) is 4.52 Å². The van der Waals surface area contributed by atoms with Crippen LogP contribution in [0, 0.1) is 6.92 Å². The largest absolute Gasteiger partial charge is 0.507 e. The number of rotatable bonds is 4. The van der Waals surface area contributed by atoms with E-state index < -0.39 is 0 Å². The van der Waals surface area contributed by atoms with Gasteiger partial charge in [-0.1, -0.05) is 16.8 Å². The van der Waals surface area contributed by atoms with Crippen LogP contribution in [-0.4, -0.2) is 27.7 Å². The van der Waals surface area contributed by atoms with Crippen molar-refractivity contribution in [3.63, 3.8) is 0 Å². The number of carbonyl (C=O) groups is 1. The Balaban J connectivity index is 1.93. The first-order valence-corrected chi connectivity index (χ1v) is 5.50. The molecule has 0 aliphatic rings. The van der Waals surface area contributed by atoms with Crippen LogP contribution in [0.15, 0.2) is 29.0 Å². The van der Waals surface area contributed by atoms with Crippen molar-refractivity contribution >= 4 is 5.91 Å². The molecular weight excluding hydrogens is 234 g/mol. The predicted octanol–water partition coefficient (Wildman–Crippen LogP) is 1.06. The van der Waals surface area contributed by atoms with Crippen molar-refractivity contribution in [1.82, 2.24) is 15.5 Å². The van der Waals surface area contributed by atoms with Crippen molar-refractivity contribution < 1.29 is 14.4 Å². The van der Waals surface area contributed by atoms with Crippen LogP contribution in [-0.2, 0) is 6.42 Å². The molecule has 0 fully saturated rings. The van der Waals surface area contributed by atoms with Crippen molar-refractivity contribution in [3.05, 3.63) is 41.5 Å². The molecule has 2 N–H and O–H groups in total. The first-order valence-electron chi connectivity index (χ1n) is 5.50. The summed E-state index contributed by atoms with van der Waals surface area (Å²) < 4.78 is 4.80. The number of nitrogens with zero attached hydrogens (tertiary/aromatic N) is 2. The van der Waals surface area contributed by atoms with Gasteiger partial charge in [0.05, 0.1) is 5.56 Å². The van der Waals surface area contributed by atoms with E-state index in [0.717, 1.165) is 5.56 Å². The molecule has 94 valence electrons. The number of benzene rings is 1. The van der Waals surface area contributed by atoms with Gasteiger partial charge in [0.25, 0.3) is 5.91 Å². The van der Waals surface area contributed by atoms with Gasteiger partial charge in [-0.25, -0.2) is 0 Å². The van der Waals surface area contributed by atoms with Crippen LogP contribution < -0.4 is 5.32 Å². The van der Waals surface area contributed by atoms with Crippen LogP contribution in [0.1, 0.15) is 21.8 Å². The Bertz CT molecular complexity index is 538. The summed E-state index contributed by atoms with van der Waals surface area (Å²) in [6, 6.07) is 4.88. The third kappa shape index (κ3) is 2.85. The summed E-state index contributed by atoms with van der Waals surface area (Å²) in [5.74, 6) is 0.107. The number of hydrogen-bond acceptors (Lipinski definition) is 5. The lowest BCUT2D eigenvalue weighted by Gasteiger charge is -2.06.